The van der Waals surface area contributed by atoms with Gasteiger partial charge in [0, 0.05) is 6.04 Å². The zero-order valence-corrected chi connectivity index (χ0v) is 13.3. The molecule has 2 aliphatic carbocycles. The lowest BCUT2D eigenvalue weighted by atomic mass is 9.82. The number of carbonyl (C=O) groups is 2. The van der Waals surface area contributed by atoms with Crippen molar-refractivity contribution in [3.8, 4) is 0 Å². The molecule has 0 spiro atoms. The monoisotopic (exact) mass is 292 g/mol. The van der Waals surface area contributed by atoms with Crippen LogP contribution in [0.25, 0.3) is 0 Å². The molecule has 0 aromatic carbocycles. The van der Waals surface area contributed by atoms with Crippen molar-refractivity contribution in [1.82, 2.24) is 10.2 Å². The third-order valence-corrected chi connectivity index (χ3v) is 5.58. The van der Waals surface area contributed by atoms with E-state index in [0.717, 1.165) is 25.2 Å². The zero-order chi connectivity index (χ0) is 15.0. The molecule has 2 amide bonds. The van der Waals surface area contributed by atoms with Crippen molar-refractivity contribution in [2.45, 2.75) is 83.3 Å². The lowest BCUT2D eigenvalue weighted by Crippen LogP contribution is -2.66. The van der Waals surface area contributed by atoms with Gasteiger partial charge >= 0.3 is 0 Å². The van der Waals surface area contributed by atoms with E-state index in [1.807, 2.05) is 11.8 Å². The van der Waals surface area contributed by atoms with Crippen LogP contribution in [0.3, 0.4) is 0 Å². The Hall–Kier alpha value is -1.06. The van der Waals surface area contributed by atoms with Gasteiger partial charge in [-0.3, -0.25) is 9.59 Å². The van der Waals surface area contributed by atoms with Crippen molar-refractivity contribution in [3.05, 3.63) is 0 Å². The molecule has 1 aliphatic heterocycles. The summed E-state index contributed by atoms with van der Waals surface area (Å²) in [7, 11) is 0. The van der Waals surface area contributed by atoms with Crippen LogP contribution in [0.1, 0.15) is 65.2 Å². The highest BCUT2D eigenvalue weighted by Crippen LogP contribution is 2.36. The quantitative estimate of drug-likeness (QED) is 0.865. The molecule has 1 N–H and O–H groups in total. The molecule has 0 aromatic rings. The van der Waals surface area contributed by atoms with Crippen LogP contribution in [0.4, 0.5) is 0 Å². The predicted octanol–water partition coefficient (Wildman–Crippen LogP) is 2.47. The molecule has 1 heterocycles. The highest BCUT2D eigenvalue weighted by atomic mass is 16.2. The maximum atomic E-state index is 12.9. The third kappa shape index (κ3) is 3.09. The molecular formula is C17H28N2O2. The molecule has 4 heteroatoms. The number of amides is 2. The first-order valence-electron chi connectivity index (χ1n) is 8.70. The normalized spacial score (nSPS) is 33.0. The number of piperazine rings is 1. The molecule has 3 unspecified atom stereocenters. The molecule has 4 nitrogen and oxygen atoms in total. The maximum Gasteiger partial charge on any atom is 0.246 e. The standard InChI is InChI=1S/C17H28N2O2/c1-11(10-13-8-9-13)19-12(2)16(20)18-15(17(19)21)14-6-4-3-5-7-14/h11-15H,3-10H2,1-2H3,(H,18,20). The summed E-state index contributed by atoms with van der Waals surface area (Å²) in [4.78, 5) is 27.1. The van der Waals surface area contributed by atoms with Gasteiger partial charge in [0.05, 0.1) is 0 Å². The van der Waals surface area contributed by atoms with Crippen molar-refractivity contribution in [3.63, 3.8) is 0 Å². The number of nitrogens with one attached hydrogen (secondary N) is 1. The minimum atomic E-state index is -0.314. The van der Waals surface area contributed by atoms with Gasteiger partial charge in [-0.2, -0.15) is 0 Å². The van der Waals surface area contributed by atoms with Crippen LogP contribution in [-0.4, -0.2) is 34.8 Å². The van der Waals surface area contributed by atoms with Gasteiger partial charge in [-0.05, 0) is 44.9 Å². The summed E-state index contributed by atoms with van der Waals surface area (Å²) in [6.07, 6.45) is 9.45. The molecule has 0 radical (unpaired) electrons. The Labute approximate surface area is 127 Å². The van der Waals surface area contributed by atoms with Crippen LogP contribution >= 0.6 is 0 Å². The highest BCUT2D eigenvalue weighted by Gasteiger charge is 2.44. The SMILES string of the molecule is CC(CC1CC1)N1C(=O)C(C2CCCCC2)NC(=O)C1C. The lowest BCUT2D eigenvalue weighted by Gasteiger charge is -2.44. The first-order valence-corrected chi connectivity index (χ1v) is 8.70. The third-order valence-electron chi connectivity index (χ3n) is 5.58. The average Bonchev–Trinajstić information content (AvgIpc) is 3.28. The van der Waals surface area contributed by atoms with Gasteiger partial charge in [0.1, 0.15) is 12.1 Å². The van der Waals surface area contributed by atoms with Crippen LogP contribution in [0.15, 0.2) is 0 Å². The number of nitrogens with zero attached hydrogens (tertiary/aromatic N) is 1. The Morgan fingerprint density at radius 1 is 1.14 bits per heavy atom. The fourth-order valence-corrected chi connectivity index (χ4v) is 4.15. The van der Waals surface area contributed by atoms with E-state index in [0.29, 0.717) is 5.92 Å². The van der Waals surface area contributed by atoms with E-state index in [2.05, 4.69) is 12.2 Å². The molecule has 118 valence electrons. The van der Waals surface area contributed by atoms with E-state index in [9.17, 15) is 9.59 Å². The Kier molecular flexibility index (Phi) is 4.23. The lowest BCUT2D eigenvalue weighted by molar-refractivity contribution is -0.153. The van der Waals surface area contributed by atoms with Gasteiger partial charge < -0.3 is 10.2 Å². The van der Waals surface area contributed by atoms with Gasteiger partial charge in [-0.25, -0.2) is 0 Å². The highest BCUT2D eigenvalue weighted by molar-refractivity contribution is 5.97. The molecule has 1 saturated heterocycles. The Morgan fingerprint density at radius 3 is 2.43 bits per heavy atom. The van der Waals surface area contributed by atoms with E-state index in [1.165, 1.54) is 32.1 Å². The van der Waals surface area contributed by atoms with E-state index in [4.69, 9.17) is 0 Å². The first-order chi connectivity index (χ1) is 10.1. The number of carbonyl (C=O) groups excluding carboxylic acids is 2. The first kappa shape index (κ1) is 14.9. The zero-order valence-electron chi connectivity index (χ0n) is 13.3. The largest absolute Gasteiger partial charge is 0.342 e. The summed E-state index contributed by atoms with van der Waals surface area (Å²) < 4.78 is 0. The van der Waals surface area contributed by atoms with Gasteiger partial charge in [-0.1, -0.05) is 32.1 Å². The summed E-state index contributed by atoms with van der Waals surface area (Å²) in [5.74, 6) is 1.33. The molecule has 3 aliphatic rings. The smallest absolute Gasteiger partial charge is 0.246 e. The van der Waals surface area contributed by atoms with Gasteiger partial charge in [0.15, 0.2) is 0 Å². The van der Waals surface area contributed by atoms with Crippen LogP contribution in [-0.2, 0) is 9.59 Å². The summed E-state index contributed by atoms with van der Waals surface area (Å²) >= 11 is 0. The Bertz CT molecular complexity index is 413. The molecule has 3 fully saturated rings. The van der Waals surface area contributed by atoms with Crippen LogP contribution in [0.2, 0.25) is 0 Å². The number of rotatable bonds is 4. The minimum absolute atomic E-state index is 0.0350. The Morgan fingerprint density at radius 2 is 1.81 bits per heavy atom. The van der Waals surface area contributed by atoms with E-state index < -0.39 is 0 Å². The van der Waals surface area contributed by atoms with E-state index in [-0.39, 0.29) is 29.9 Å². The second-order valence-electron chi connectivity index (χ2n) is 7.33. The molecule has 2 saturated carbocycles. The van der Waals surface area contributed by atoms with Crippen molar-refractivity contribution < 1.29 is 9.59 Å². The second-order valence-corrected chi connectivity index (χ2v) is 7.33. The van der Waals surface area contributed by atoms with E-state index >= 15 is 0 Å². The number of hydrogen-bond acceptors (Lipinski definition) is 2. The fourth-order valence-electron chi connectivity index (χ4n) is 4.15. The molecule has 0 bridgehead atoms. The molecule has 21 heavy (non-hydrogen) atoms. The van der Waals surface area contributed by atoms with Crippen molar-refractivity contribution in [1.29, 1.82) is 0 Å². The summed E-state index contributed by atoms with van der Waals surface area (Å²) in [5, 5.41) is 3.01. The maximum absolute atomic E-state index is 12.9. The fraction of sp³-hybridized carbons (Fsp3) is 0.882. The van der Waals surface area contributed by atoms with Gasteiger partial charge in [-0.15, -0.1) is 0 Å². The topological polar surface area (TPSA) is 49.4 Å². The molecule has 3 rings (SSSR count). The molecule has 0 aromatic heterocycles. The second kappa shape index (κ2) is 5.98. The van der Waals surface area contributed by atoms with Crippen LogP contribution in [0, 0.1) is 11.8 Å². The number of hydrogen-bond donors (Lipinski definition) is 1. The summed E-state index contributed by atoms with van der Waals surface area (Å²) in [6.45, 7) is 3.98. The average molecular weight is 292 g/mol. The molecular weight excluding hydrogens is 264 g/mol. The van der Waals surface area contributed by atoms with Crippen LogP contribution in [0.5, 0.6) is 0 Å². The van der Waals surface area contributed by atoms with E-state index in [1.54, 1.807) is 0 Å². The van der Waals surface area contributed by atoms with Crippen molar-refractivity contribution >= 4 is 11.8 Å². The van der Waals surface area contributed by atoms with Gasteiger partial charge in [0.25, 0.3) is 0 Å². The Balaban J connectivity index is 1.73. The predicted molar refractivity (Wildman–Crippen MR) is 81.6 cm³/mol. The minimum Gasteiger partial charge on any atom is -0.342 e. The molecule has 3 atom stereocenters. The van der Waals surface area contributed by atoms with Crippen molar-refractivity contribution in [2.75, 3.05) is 0 Å². The summed E-state index contributed by atoms with van der Waals surface area (Å²) in [6, 6.07) is -0.390. The van der Waals surface area contributed by atoms with Crippen LogP contribution < -0.4 is 5.32 Å². The summed E-state index contributed by atoms with van der Waals surface area (Å²) in [5.41, 5.74) is 0. The van der Waals surface area contributed by atoms with Gasteiger partial charge in [0.2, 0.25) is 11.8 Å². The van der Waals surface area contributed by atoms with Crippen molar-refractivity contribution in [2.24, 2.45) is 11.8 Å².